The summed E-state index contributed by atoms with van der Waals surface area (Å²) in [5.74, 6) is 0.807. The Morgan fingerprint density at radius 3 is 2.61 bits per heavy atom. The third-order valence-corrected chi connectivity index (χ3v) is 3.12. The Morgan fingerprint density at radius 2 is 1.94 bits per heavy atom. The van der Waals surface area contributed by atoms with E-state index in [1.54, 1.807) is 7.11 Å². The van der Waals surface area contributed by atoms with Crippen molar-refractivity contribution in [3.63, 3.8) is 0 Å². The number of methoxy groups -OCH3 is 1. The van der Waals surface area contributed by atoms with E-state index >= 15 is 0 Å². The minimum Gasteiger partial charge on any atom is -0.496 e. The van der Waals surface area contributed by atoms with Crippen LogP contribution < -0.4 is 10.5 Å². The standard InChI is InChI=1S/C15H16ClNO/c1-10(17)11-4-3-5-12(8-11)14-9-13(16)6-7-15(14)18-2/h3-10H,17H2,1-2H3. The van der Waals surface area contributed by atoms with Gasteiger partial charge in [-0.1, -0.05) is 29.8 Å². The number of nitrogens with two attached hydrogens (primary N) is 1. The number of halogens is 1. The van der Waals surface area contributed by atoms with Gasteiger partial charge < -0.3 is 10.5 Å². The first-order chi connectivity index (χ1) is 8.61. The first-order valence-corrected chi connectivity index (χ1v) is 6.19. The lowest BCUT2D eigenvalue weighted by atomic mass is 10.00. The highest BCUT2D eigenvalue weighted by Crippen LogP contribution is 2.33. The van der Waals surface area contributed by atoms with Gasteiger partial charge in [-0.05, 0) is 42.3 Å². The van der Waals surface area contributed by atoms with Crippen molar-refractivity contribution < 1.29 is 4.74 Å². The Labute approximate surface area is 112 Å². The molecule has 94 valence electrons. The molecule has 1 unspecified atom stereocenters. The smallest absolute Gasteiger partial charge is 0.126 e. The van der Waals surface area contributed by atoms with Crippen LogP contribution in [0.5, 0.6) is 5.75 Å². The predicted molar refractivity (Wildman–Crippen MR) is 76.0 cm³/mol. The molecule has 0 aliphatic heterocycles. The first kappa shape index (κ1) is 12.9. The lowest BCUT2D eigenvalue weighted by Gasteiger charge is -2.12. The molecule has 0 saturated heterocycles. The fourth-order valence-corrected chi connectivity index (χ4v) is 2.07. The molecule has 18 heavy (non-hydrogen) atoms. The molecule has 0 aromatic heterocycles. The normalized spacial score (nSPS) is 12.2. The van der Waals surface area contributed by atoms with E-state index in [2.05, 4.69) is 6.07 Å². The second-order valence-corrected chi connectivity index (χ2v) is 4.70. The van der Waals surface area contributed by atoms with Gasteiger partial charge in [0.15, 0.2) is 0 Å². The van der Waals surface area contributed by atoms with Gasteiger partial charge in [-0.2, -0.15) is 0 Å². The fraction of sp³-hybridized carbons (Fsp3) is 0.200. The number of ether oxygens (including phenoxy) is 1. The van der Waals surface area contributed by atoms with Crippen molar-refractivity contribution in [2.24, 2.45) is 5.73 Å². The van der Waals surface area contributed by atoms with Crippen molar-refractivity contribution in [3.05, 3.63) is 53.1 Å². The van der Waals surface area contributed by atoms with Crippen LogP contribution in [0.15, 0.2) is 42.5 Å². The highest BCUT2D eigenvalue weighted by molar-refractivity contribution is 6.31. The lowest BCUT2D eigenvalue weighted by molar-refractivity contribution is 0.416. The Kier molecular flexibility index (Phi) is 3.90. The van der Waals surface area contributed by atoms with Crippen LogP contribution in [0.25, 0.3) is 11.1 Å². The van der Waals surface area contributed by atoms with Crippen LogP contribution in [0.1, 0.15) is 18.5 Å². The summed E-state index contributed by atoms with van der Waals surface area (Å²) >= 11 is 6.05. The first-order valence-electron chi connectivity index (χ1n) is 5.81. The van der Waals surface area contributed by atoms with Crippen LogP contribution in [-0.4, -0.2) is 7.11 Å². The van der Waals surface area contributed by atoms with Crippen molar-refractivity contribution in [1.29, 1.82) is 0 Å². The van der Waals surface area contributed by atoms with Gasteiger partial charge >= 0.3 is 0 Å². The van der Waals surface area contributed by atoms with Crippen molar-refractivity contribution in [2.75, 3.05) is 7.11 Å². The van der Waals surface area contributed by atoms with Gasteiger partial charge in [-0.25, -0.2) is 0 Å². The summed E-state index contributed by atoms with van der Waals surface area (Å²) in [4.78, 5) is 0. The Balaban J connectivity index is 2.54. The van der Waals surface area contributed by atoms with E-state index in [9.17, 15) is 0 Å². The lowest BCUT2D eigenvalue weighted by Crippen LogP contribution is -2.04. The van der Waals surface area contributed by atoms with Gasteiger partial charge in [0.2, 0.25) is 0 Å². The molecule has 2 nitrogen and oxygen atoms in total. The van der Waals surface area contributed by atoms with Crippen LogP contribution in [0.4, 0.5) is 0 Å². The van der Waals surface area contributed by atoms with Gasteiger partial charge in [0.1, 0.15) is 5.75 Å². The van der Waals surface area contributed by atoms with Crippen molar-refractivity contribution >= 4 is 11.6 Å². The summed E-state index contributed by atoms with van der Waals surface area (Å²) < 4.78 is 5.37. The van der Waals surface area contributed by atoms with Crippen molar-refractivity contribution in [1.82, 2.24) is 0 Å². The molecule has 0 fully saturated rings. The van der Waals surface area contributed by atoms with E-state index in [-0.39, 0.29) is 6.04 Å². The third kappa shape index (κ3) is 2.66. The molecule has 2 aromatic carbocycles. The molecule has 0 saturated carbocycles. The maximum absolute atomic E-state index is 6.05. The maximum Gasteiger partial charge on any atom is 0.126 e. The number of hydrogen-bond donors (Lipinski definition) is 1. The van der Waals surface area contributed by atoms with Crippen LogP contribution in [0.2, 0.25) is 5.02 Å². The Hall–Kier alpha value is -1.51. The second kappa shape index (κ2) is 5.42. The average molecular weight is 262 g/mol. The maximum atomic E-state index is 6.05. The quantitative estimate of drug-likeness (QED) is 0.905. The van der Waals surface area contributed by atoms with E-state index < -0.39 is 0 Å². The van der Waals surface area contributed by atoms with Crippen LogP contribution in [-0.2, 0) is 0 Å². The molecule has 0 radical (unpaired) electrons. The topological polar surface area (TPSA) is 35.2 Å². The zero-order valence-electron chi connectivity index (χ0n) is 10.5. The van der Waals surface area contributed by atoms with E-state index in [1.165, 1.54) is 0 Å². The molecule has 0 aliphatic rings. The summed E-state index contributed by atoms with van der Waals surface area (Å²) in [5.41, 5.74) is 9.03. The predicted octanol–water partition coefficient (Wildman–Crippen LogP) is 4.04. The summed E-state index contributed by atoms with van der Waals surface area (Å²) in [6.07, 6.45) is 0. The van der Waals surface area contributed by atoms with Gasteiger partial charge in [-0.3, -0.25) is 0 Å². The van der Waals surface area contributed by atoms with Crippen molar-refractivity contribution in [2.45, 2.75) is 13.0 Å². The number of benzene rings is 2. The second-order valence-electron chi connectivity index (χ2n) is 4.26. The third-order valence-electron chi connectivity index (χ3n) is 2.88. The molecule has 0 spiro atoms. The molecule has 1 atom stereocenters. The van der Waals surface area contributed by atoms with E-state index in [0.717, 1.165) is 22.4 Å². The van der Waals surface area contributed by atoms with Gasteiger partial charge in [0.25, 0.3) is 0 Å². The molecule has 0 heterocycles. The molecule has 2 rings (SSSR count). The minimum absolute atomic E-state index is 0.00938. The Morgan fingerprint density at radius 1 is 1.17 bits per heavy atom. The average Bonchev–Trinajstić information content (AvgIpc) is 2.39. The molecular weight excluding hydrogens is 246 g/mol. The fourth-order valence-electron chi connectivity index (χ4n) is 1.90. The van der Waals surface area contributed by atoms with Gasteiger partial charge in [0.05, 0.1) is 7.11 Å². The van der Waals surface area contributed by atoms with Crippen LogP contribution in [0, 0.1) is 0 Å². The van der Waals surface area contributed by atoms with Gasteiger partial charge in [-0.15, -0.1) is 0 Å². The van der Waals surface area contributed by atoms with E-state index in [4.69, 9.17) is 22.1 Å². The van der Waals surface area contributed by atoms with Crippen LogP contribution >= 0.6 is 11.6 Å². The molecule has 0 amide bonds. The summed E-state index contributed by atoms with van der Waals surface area (Å²) in [5, 5.41) is 0.692. The summed E-state index contributed by atoms with van der Waals surface area (Å²) in [7, 11) is 1.65. The SMILES string of the molecule is COc1ccc(Cl)cc1-c1cccc(C(C)N)c1. The number of hydrogen-bond acceptors (Lipinski definition) is 2. The van der Waals surface area contributed by atoms with Crippen molar-refractivity contribution in [3.8, 4) is 16.9 Å². The molecular formula is C15H16ClNO. The highest BCUT2D eigenvalue weighted by atomic mass is 35.5. The largest absolute Gasteiger partial charge is 0.496 e. The van der Waals surface area contributed by atoms with E-state index in [1.807, 2.05) is 43.3 Å². The molecule has 0 bridgehead atoms. The zero-order valence-corrected chi connectivity index (χ0v) is 11.2. The summed E-state index contributed by atoms with van der Waals surface area (Å²) in [6.45, 7) is 1.97. The highest BCUT2D eigenvalue weighted by Gasteiger charge is 2.08. The number of rotatable bonds is 3. The van der Waals surface area contributed by atoms with Crippen LogP contribution in [0.3, 0.4) is 0 Å². The molecule has 3 heteroatoms. The van der Waals surface area contributed by atoms with Gasteiger partial charge in [0, 0.05) is 16.6 Å². The monoisotopic (exact) mass is 261 g/mol. The summed E-state index contributed by atoms with van der Waals surface area (Å²) in [6, 6.07) is 13.7. The minimum atomic E-state index is 0.00938. The van der Waals surface area contributed by atoms with E-state index in [0.29, 0.717) is 5.02 Å². The Bertz CT molecular complexity index is 552. The molecule has 2 aromatic rings. The zero-order chi connectivity index (χ0) is 13.1. The molecule has 0 aliphatic carbocycles. The molecule has 2 N–H and O–H groups in total.